The fourth-order valence-corrected chi connectivity index (χ4v) is 4.29. The third kappa shape index (κ3) is 3.11. The van der Waals surface area contributed by atoms with Crippen LogP contribution in [0.1, 0.15) is 46.1 Å². The van der Waals surface area contributed by atoms with Gasteiger partial charge in [-0.05, 0) is 67.6 Å². The first kappa shape index (κ1) is 18.4. The molecule has 3 aromatic rings. The zero-order valence-electron chi connectivity index (χ0n) is 16.8. The molecule has 0 saturated carbocycles. The molecule has 146 valence electrons. The number of hydrogen-bond donors (Lipinski definition) is 1. The molecule has 0 spiro atoms. The van der Waals surface area contributed by atoms with Gasteiger partial charge in [-0.3, -0.25) is 4.79 Å². The fraction of sp³-hybridized carbons (Fsp3) is 0.348. The van der Waals surface area contributed by atoms with Crippen LogP contribution in [0.5, 0.6) is 11.5 Å². The number of H-pyrrole nitrogens is 1. The predicted octanol–water partition coefficient (Wildman–Crippen LogP) is 4.78. The number of aromatic amines is 1. The molecule has 1 fully saturated rings. The van der Waals surface area contributed by atoms with E-state index >= 15 is 0 Å². The van der Waals surface area contributed by atoms with E-state index in [-0.39, 0.29) is 11.9 Å². The zero-order chi connectivity index (χ0) is 19.8. The standard InChI is InChI=1S/C23H26N2O3/c1-14-10-15(2)17-13-19(24-18(17)11-14)23(26)25-9-5-6-20(25)16-7-8-21(27-3)22(12-16)28-4/h7-8,10-13,20,24H,5-6,9H2,1-4H3. The number of carbonyl (C=O) groups excluding carboxylic acids is 1. The number of nitrogens with zero attached hydrogens (tertiary/aromatic N) is 1. The van der Waals surface area contributed by atoms with Crippen LogP contribution in [0.3, 0.4) is 0 Å². The smallest absolute Gasteiger partial charge is 0.270 e. The van der Waals surface area contributed by atoms with Gasteiger partial charge in [0, 0.05) is 17.4 Å². The molecule has 2 aromatic carbocycles. The number of fused-ring (bicyclic) bond motifs is 1. The van der Waals surface area contributed by atoms with Crippen LogP contribution in [0.15, 0.2) is 36.4 Å². The summed E-state index contributed by atoms with van der Waals surface area (Å²) < 4.78 is 10.8. The minimum atomic E-state index is 0.0431. The van der Waals surface area contributed by atoms with Crippen LogP contribution < -0.4 is 9.47 Å². The highest BCUT2D eigenvalue weighted by Gasteiger charge is 2.32. The Labute approximate surface area is 165 Å². The maximum atomic E-state index is 13.3. The molecule has 1 saturated heterocycles. The minimum Gasteiger partial charge on any atom is -0.493 e. The lowest BCUT2D eigenvalue weighted by atomic mass is 10.0. The van der Waals surface area contributed by atoms with Gasteiger partial charge in [-0.15, -0.1) is 0 Å². The lowest BCUT2D eigenvalue weighted by Gasteiger charge is -2.25. The highest BCUT2D eigenvalue weighted by Crippen LogP contribution is 2.37. The summed E-state index contributed by atoms with van der Waals surface area (Å²) in [4.78, 5) is 18.6. The van der Waals surface area contributed by atoms with E-state index in [0.717, 1.165) is 35.9 Å². The second kappa shape index (κ2) is 7.23. The number of aromatic nitrogens is 1. The van der Waals surface area contributed by atoms with Gasteiger partial charge in [-0.2, -0.15) is 0 Å². The van der Waals surface area contributed by atoms with Crippen molar-refractivity contribution in [3.05, 3.63) is 58.8 Å². The topological polar surface area (TPSA) is 54.6 Å². The molecule has 1 aliphatic rings. The summed E-state index contributed by atoms with van der Waals surface area (Å²) in [6.07, 6.45) is 1.93. The van der Waals surface area contributed by atoms with E-state index in [0.29, 0.717) is 17.2 Å². The number of benzene rings is 2. The molecule has 0 bridgehead atoms. The average molecular weight is 378 g/mol. The second-order valence-electron chi connectivity index (χ2n) is 7.50. The summed E-state index contributed by atoms with van der Waals surface area (Å²) in [5, 5.41) is 1.11. The predicted molar refractivity (Wildman–Crippen MR) is 110 cm³/mol. The Balaban J connectivity index is 1.67. The molecule has 1 amide bonds. The van der Waals surface area contributed by atoms with Crippen molar-refractivity contribution in [3.63, 3.8) is 0 Å². The van der Waals surface area contributed by atoms with Crippen LogP contribution in [0.4, 0.5) is 0 Å². The lowest BCUT2D eigenvalue weighted by Crippen LogP contribution is -2.30. The number of aryl methyl sites for hydroxylation is 2. The van der Waals surface area contributed by atoms with E-state index in [4.69, 9.17) is 9.47 Å². The quantitative estimate of drug-likeness (QED) is 0.711. The van der Waals surface area contributed by atoms with Gasteiger partial charge in [0.15, 0.2) is 11.5 Å². The summed E-state index contributed by atoms with van der Waals surface area (Å²) in [5.41, 5.74) is 5.11. The van der Waals surface area contributed by atoms with Crippen molar-refractivity contribution in [2.75, 3.05) is 20.8 Å². The van der Waals surface area contributed by atoms with Crippen molar-refractivity contribution in [2.24, 2.45) is 0 Å². The third-order valence-corrected chi connectivity index (χ3v) is 5.63. The van der Waals surface area contributed by atoms with Gasteiger partial charge < -0.3 is 19.4 Å². The van der Waals surface area contributed by atoms with Crippen molar-refractivity contribution in [3.8, 4) is 11.5 Å². The van der Waals surface area contributed by atoms with Crippen LogP contribution in [0.25, 0.3) is 10.9 Å². The molecule has 1 aromatic heterocycles. The maximum Gasteiger partial charge on any atom is 0.270 e. The first-order chi connectivity index (χ1) is 13.5. The van der Waals surface area contributed by atoms with Crippen LogP contribution in [-0.2, 0) is 0 Å². The molecule has 5 nitrogen and oxygen atoms in total. The van der Waals surface area contributed by atoms with Gasteiger partial charge >= 0.3 is 0 Å². The maximum absolute atomic E-state index is 13.3. The highest BCUT2D eigenvalue weighted by atomic mass is 16.5. The number of hydrogen-bond acceptors (Lipinski definition) is 3. The number of methoxy groups -OCH3 is 2. The Hall–Kier alpha value is -2.95. The molecular formula is C23H26N2O3. The number of rotatable bonds is 4. The van der Waals surface area contributed by atoms with Crippen molar-refractivity contribution >= 4 is 16.8 Å². The van der Waals surface area contributed by atoms with Crippen LogP contribution >= 0.6 is 0 Å². The van der Waals surface area contributed by atoms with Gasteiger partial charge in [0.25, 0.3) is 5.91 Å². The van der Waals surface area contributed by atoms with Crippen molar-refractivity contribution in [1.82, 2.24) is 9.88 Å². The first-order valence-corrected chi connectivity index (χ1v) is 9.64. The number of likely N-dealkylation sites (tertiary alicyclic amines) is 1. The van der Waals surface area contributed by atoms with Crippen molar-refractivity contribution in [2.45, 2.75) is 32.7 Å². The number of nitrogens with one attached hydrogen (secondary N) is 1. The Kier molecular flexibility index (Phi) is 4.75. The Morgan fingerprint density at radius 1 is 1.07 bits per heavy atom. The Bertz CT molecular complexity index is 1040. The minimum absolute atomic E-state index is 0.0431. The molecule has 1 atom stereocenters. The molecule has 0 aliphatic carbocycles. The van der Waals surface area contributed by atoms with Gasteiger partial charge in [-0.1, -0.05) is 12.1 Å². The highest BCUT2D eigenvalue weighted by molar-refractivity contribution is 5.99. The summed E-state index contributed by atoms with van der Waals surface area (Å²) in [6, 6.07) is 12.2. The number of carbonyl (C=O) groups is 1. The molecule has 2 heterocycles. The number of ether oxygens (including phenoxy) is 2. The normalized spacial score (nSPS) is 16.6. The van der Waals surface area contributed by atoms with E-state index < -0.39 is 0 Å². The van der Waals surface area contributed by atoms with E-state index in [1.54, 1.807) is 14.2 Å². The molecule has 0 radical (unpaired) electrons. The Morgan fingerprint density at radius 2 is 1.86 bits per heavy atom. The first-order valence-electron chi connectivity index (χ1n) is 9.64. The summed E-state index contributed by atoms with van der Waals surface area (Å²) in [7, 11) is 3.26. The largest absolute Gasteiger partial charge is 0.493 e. The van der Waals surface area contributed by atoms with Crippen LogP contribution in [-0.4, -0.2) is 36.6 Å². The van der Waals surface area contributed by atoms with Crippen molar-refractivity contribution < 1.29 is 14.3 Å². The summed E-state index contributed by atoms with van der Waals surface area (Å²) in [6.45, 7) is 4.91. The van der Waals surface area contributed by atoms with Gasteiger partial charge in [-0.25, -0.2) is 0 Å². The molecule has 5 heteroatoms. The molecule has 1 unspecified atom stereocenters. The van der Waals surface area contributed by atoms with Crippen LogP contribution in [0, 0.1) is 13.8 Å². The molecule has 28 heavy (non-hydrogen) atoms. The monoisotopic (exact) mass is 378 g/mol. The SMILES string of the molecule is COc1ccc(C2CCCN2C(=O)c2cc3c(C)cc(C)cc3[nH]2)cc1OC. The van der Waals surface area contributed by atoms with Crippen LogP contribution in [0.2, 0.25) is 0 Å². The molecule has 1 aliphatic heterocycles. The van der Waals surface area contributed by atoms with Gasteiger partial charge in [0.2, 0.25) is 0 Å². The lowest BCUT2D eigenvalue weighted by molar-refractivity contribution is 0.0730. The van der Waals surface area contributed by atoms with Gasteiger partial charge in [0.05, 0.1) is 20.3 Å². The third-order valence-electron chi connectivity index (χ3n) is 5.63. The summed E-state index contributed by atoms with van der Waals surface area (Å²) >= 11 is 0. The average Bonchev–Trinajstić information content (AvgIpc) is 3.34. The van der Waals surface area contributed by atoms with E-state index in [1.807, 2.05) is 29.2 Å². The fourth-order valence-electron chi connectivity index (χ4n) is 4.29. The van der Waals surface area contributed by atoms with E-state index in [9.17, 15) is 4.79 Å². The second-order valence-corrected chi connectivity index (χ2v) is 7.50. The summed E-state index contributed by atoms with van der Waals surface area (Å²) in [5.74, 6) is 1.44. The zero-order valence-corrected chi connectivity index (χ0v) is 16.8. The number of amides is 1. The van der Waals surface area contributed by atoms with E-state index in [2.05, 4.69) is 31.0 Å². The molecular weight excluding hydrogens is 352 g/mol. The van der Waals surface area contributed by atoms with Gasteiger partial charge in [0.1, 0.15) is 5.69 Å². The molecule has 4 rings (SSSR count). The Morgan fingerprint density at radius 3 is 2.61 bits per heavy atom. The van der Waals surface area contributed by atoms with E-state index in [1.165, 1.54) is 11.1 Å². The molecule has 1 N–H and O–H groups in total. The van der Waals surface area contributed by atoms with Crippen molar-refractivity contribution in [1.29, 1.82) is 0 Å².